The zero-order valence-electron chi connectivity index (χ0n) is 9.97. The van der Waals surface area contributed by atoms with Crippen LogP contribution >= 0.6 is 12.6 Å². The third-order valence-corrected chi connectivity index (χ3v) is 2.96. The largest absolute Gasteiger partial charge is 0.491 e. The number of hydrogen-bond donors (Lipinski definition) is 1. The van der Waals surface area contributed by atoms with Crippen molar-refractivity contribution in [2.75, 3.05) is 43.6 Å². The second-order valence-corrected chi connectivity index (χ2v) is 4.44. The summed E-state index contributed by atoms with van der Waals surface area (Å²) in [7, 11) is 0. The van der Waals surface area contributed by atoms with E-state index in [0.29, 0.717) is 0 Å². The first-order valence-corrected chi connectivity index (χ1v) is 6.70. The summed E-state index contributed by atoms with van der Waals surface area (Å²) in [5.41, 5.74) is 1.18. The lowest BCUT2D eigenvalue weighted by Crippen LogP contribution is -2.28. The summed E-state index contributed by atoms with van der Waals surface area (Å²) in [6, 6.07) is 8.20. The van der Waals surface area contributed by atoms with Crippen molar-refractivity contribution in [2.45, 2.75) is 6.42 Å². The molecule has 0 aromatic heterocycles. The molecule has 1 aliphatic heterocycles. The van der Waals surface area contributed by atoms with Gasteiger partial charge < -0.3 is 14.4 Å². The summed E-state index contributed by atoms with van der Waals surface area (Å²) in [5, 5.41) is 0. The number of para-hydroxylation sites is 2. The SMILES string of the molecule is SCCOCCN1CCCOc2ccccc21. The van der Waals surface area contributed by atoms with Gasteiger partial charge in [0, 0.05) is 18.8 Å². The number of anilines is 1. The smallest absolute Gasteiger partial charge is 0.142 e. The van der Waals surface area contributed by atoms with Gasteiger partial charge >= 0.3 is 0 Å². The van der Waals surface area contributed by atoms with Gasteiger partial charge in [0.05, 0.1) is 25.5 Å². The van der Waals surface area contributed by atoms with Crippen molar-refractivity contribution in [3.8, 4) is 5.75 Å². The molecule has 0 spiro atoms. The van der Waals surface area contributed by atoms with E-state index < -0.39 is 0 Å². The van der Waals surface area contributed by atoms with E-state index in [9.17, 15) is 0 Å². The molecule has 0 unspecified atom stereocenters. The van der Waals surface area contributed by atoms with Crippen LogP contribution in [0.4, 0.5) is 5.69 Å². The minimum atomic E-state index is 0.717. The molecule has 94 valence electrons. The van der Waals surface area contributed by atoms with Crippen molar-refractivity contribution in [1.29, 1.82) is 0 Å². The van der Waals surface area contributed by atoms with Crippen molar-refractivity contribution in [1.82, 2.24) is 0 Å². The molecular weight excluding hydrogens is 234 g/mol. The number of thiol groups is 1. The Balaban J connectivity index is 1.97. The van der Waals surface area contributed by atoms with Crippen LogP contribution in [0, 0.1) is 0 Å². The molecule has 0 atom stereocenters. The molecule has 0 saturated carbocycles. The van der Waals surface area contributed by atoms with E-state index in [1.807, 2.05) is 12.1 Å². The van der Waals surface area contributed by atoms with Crippen LogP contribution in [0.25, 0.3) is 0 Å². The third-order valence-electron chi connectivity index (χ3n) is 2.78. The number of ether oxygens (including phenoxy) is 2. The van der Waals surface area contributed by atoms with Crippen LogP contribution in [0.5, 0.6) is 5.75 Å². The monoisotopic (exact) mass is 253 g/mol. The average molecular weight is 253 g/mol. The Morgan fingerprint density at radius 3 is 3.06 bits per heavy atom. The highest BCUT2D eigenvalue weighted by molar-refractivity contribution is 7.80. The van der Waals surface area contributed by atoms with E-state index >= 15 is 0 Å². The Bertz CT molecular complexity index is 346. The molecule has 0 aliphatic carbocycles. The Morgan fingerprint density at radius 1 is 1.29 bits per heavy atom. The molecule has 3 nitrogen and oxygen atoms in total. The Hall–Kier alpha value is -0.870. The molecule has 2 rings (SSSR count). The van der Waals surface area contributed by atoms with E-state index in [4.69, 9.17) is 9.47 Å². The Labute approximate surface area is 108 Å². The van der Waals surface area contributed by atoms with E-state index in [2.05, 4.69) is 29.7 Å². The summed E-state index contributed by atoms with van der Waals surface area (Å²) in [6.07, 6.45) is 1.06. The standard InChI is InChI=1S/C13H19NO2S/c17-11-10-15-9-7-14-6-3-8-16-13-5-2-1-4-12(13)14/h1-2,4-5,17H,3,6-11H2. The number of benzene rings is 1. The van der Waals surface area contributed by atoms with Crippen molar-refractivity contribution in [2.24, 2.45) is 0 Å². The fraction of sp³-hybridized carbons (Fsp3) is 0.538. The van der Waals surface area contributed by atoms with Crippen LogP contribution in [0.15, 0.2) is 24.3 Å². The molecule has 1 heterocycles. The van der Waals surface area contributed by atoms with Crippen molar-refractivity contribution < 1.29 is 9.47 Å². The highest BCUT2D eigenvalue weighted by Crippen LogP contribution is 2.29. The lowest BCUT2D eigenvalue weighted by Gasteiger charge is -2.23. The second-order valence-electron chi connectivity index (χ2n) is 3.99. The van der Waals surface area contributed by atoms with Gasteiger partial charge in [-0.1, -0.05) is 12.1 Å². The number of nitrogens with zero attached hydrogens (tertiary/aromatic N) is 1. The molecule has 1 aromatic carbocycles. The van der Waals surface area contributed by atoms with Gasteiger partial charge in [-0.25, -0.2) is 0 Å². The van der Waals surface area contributed by atoms with Crippen LogP contribution in [-0.4, -0.2) is 38.7 Å². The predicted molar refractivity (Wildman–Crippen MR) is 73.4 cm³/mol. The predicted octanol–water partition coefficient (Wildman–Crippen LogP) is 2.22. The number of fused-ring (bicyclic) bond motifs is 1. The van der Waals surface area contributed by atoms with Crippen LogP contribution in [0.1, 0.15) is 6.42 Å². The Kier molecular flexibility index (Phi) is 5.01. The average Bonchev–Trinajstić information content (AvgIpc) is 2.57. The van der Waals surface area contributed by atoms with Gasteiger partial charge in [-0.05, 0) is 18.6 Å². The van der Waals surface area contributed by atoms with Gasteiger partial charge in [-0.15, -0.1) is 0 Å². The molecule has 0 N–H and O–H groups in total. The van der Waals surface area contributed by atoms with Gasteiger partial charge in [0.2, 0.25) is 0 Å². The molecule has 0 amide bonds. The van der Waals surface area contributed by atoms with Crippen LogP contribution in [0.2, 0.25) is 0 Å². The van der Waals surface area contributed by atoms with E-state index in [-0.39, 0.29) is 0 Å². The maximum absolute atomic E-state index is 5.71. The summed E-state index contributed by atoms with van der Waals surface area (Å²) in [4.78, 5) is 2.33. The number of hydrogen-bond acceptors (Lipinski definition) is 4. The van der Waals surface area contributed by atoms with Gasteiger partial charge in [0.15, 0.2) is 0 Å². The third kappa shape index (κ3) is 3.54. The Morgan fingerprint density at radius 2 is 2.18 bits per heavy atom. The fourth-order valence-corrected chi connectivity index (χ4v) is 2.10. The van der Waals surface area contributed by atoms with E-state index in [0.717, 1.165) is 50.8 Å². The van der Waals surface area contributed by atoms with Crippen LogP contribution in [0.3, 0.4) is 0 Å². The highest BCUT2D eigenvalue weighted by atomic mass is 32.1. The van der Waals surface area contributed by atoms with Crippen molar-refractivity contribution in [3.63, 3.8) is 0 Å². The molecule has 0 saturated heterocycles. The first-order valence-electron chi connectivity index (χ1n) is 6.07. The number of rotatable bonds is 5. The second kappa shape index (κ2) is 6.77. The maximum atomic E-state index is 5.71. The summed E-state index contributed by atoms with van der Waals surface area (Å²) < 4.78 is 11.2. The van der Waals surface area contributed by atoms with E-state index in [1.54, 1.807) is 0 Å². The normalized spacial score (nSPS) is 15.0. The van der Waals surface area contributed by atoms with Gasteiger partial charge in [-0.2, -0.15) is 12.6 Å². The van der Waals surface area contributed by atoms with Gasteiger partial charge in [0.1, 0.15) is 5.75 Å². The first kappa shape index (κ1) is 12.6. The molecule has 17 heavy (non-hydrogen) atoms. The molecule has 4 heteroatoms. The topological polar surface area (TPSA) is 21.7 Å². The summed E-state index contributed by atoms with van der Waals surface area (Å²) in [6.45, 7) is 4.20. The van der Waals surface area contributed by atoms with Gasteiger partial charge in [-0.3, -0.25) is 0 Å². The highest BCUT2D eigenvalue weighted by Gasteiger charge is 2.14. The molecular formula is C13H19NO2S. The molecule has 0 bridgehead atoms. The van der Waals surface area contributed by atoms with Crippen LogP contribution < -0.4 is 9.64 Å². The zero-order chi connectivity index (χ0) is 11.9. The fourth-order valence-electron chi connectivity index (χ4n) is 1.97. The lowest BCUT2D eigenvalue weighted by molar-refractivity contribution is 0.156. The molecule has 0 fully saturated rings. The van der Waals surface area contributed by atoms with Crippen molar-refractivity contribution >= 4 is 18.3 Å². The molecule has 0 radical (unpaired) electrons. The first-order chi connectivity index (χ1) is 8.42. The molecule has 1 aromatic rings. The van der Waals surface area contributed by atoms with Crippen LogP contribution in [-0.2, 0) is 4.74 Å². The maximum Gasteiger partial charge on any atom is 0.142 e. The molecule has 1 aliphatic rings. The minimum Gasteiger partial charge on any atom is -0.491 e. The van der Waals surface area contributed by atoms with E-state index in [1.165, 1.54) is 5.69 Å². The quantitative estimate of drug-likeness (QED) is 0.642. The zero-order valence-corrected chi connectivity index (χ0v) is 10.9. The summed E-state index contributed by atoms with van der Waals surface area (Å²) in [5.74, 6) is 1.76. The minimum absolute atomic E-state index is 0.717. The van der Waals surface area contributed by atoms with Crippen molar-refractivity contribution in [3.05, 3.63) is 24.3 Å². The summed E-state index contributed by atoms with van der Waals surface area (Å²) >= 11 is 4.12. The van der Waals surface area contributed by atoms with Gasteiger partial charge in [0.25, 0.3) is 0 Å². The lowest BCUT2D eigenvalue weighted by atomic mass is 10.2.